The summed E-state index contributed by atoms with van der Waals surface area (Å²) in [5.74, 6) is -1.39. The van der Waals surface area contributed by atoms with Crippen LogP contribution in [0.4, 0.5) is 10.1 Å². The Bertz CT molecular complexity index is 877. The fourth-order valence-electron chi connectivity index (χ4n) is 2.45. The lowest BCUT2D eigenvalue weighted by atomic mass is 10.1. The van der Waals surface area contributed by atoms with Crippen molar-refractivity contribution in [2.45, 2.75) is 13.3 Å². The van der Waals surface area contributed by atoms with Crippen LogP contribution in [0.15, 0.2) is 42.5 Å². The minimum atomic E-state index is -0.699. The number of para-hydroxylation sites is 1. The predicted molar refractivity (Wildman–Crippen MR) is 97.0 cm³/mol. The van der Waals surface area contributed by atoms with E-state index in [2.05, 4.69) is 0 Å². The molecule has 7 heteroatoms. The van der Waals surface area contributed by atoms with Crippen molar-refractivity contribution in [1.82, 2.24) is 0 Å². The van der Waals surface area contributed by atoms with E-state index in [1.165, 1.54) is 31.4 Å². The highest BCUT2D eigenvalue weighted by atomic mass is 19.1. The van der Waals surface area contributed by atoms with Crippen LogP contribution in [0.3, 0.4) is 0 Å². The molecule has 0 bridgehead atoms. The van der Waals surface area contributed by atoms with Gasteiger partial charge in [0.15, 0.2) is 6.61 Å². The van der Waals surface area contributed by atoms with Gasteiger partial charge in [0.05, 0.1) is 30.9 Å². The number of benzene rings is 2. The fourth-order valence-corrected chi connectivity index (χ4v) is 2.45. The summed E-state index contributed by atoms with van der Waals surface area (Å²) >= 11 is 0. The predicted octanol–water partition coefficient (Wildman–Crippen LogP) is 3.25. The molecule has 0 unspecified atom stereocenters. The molecule has 140 valence electrons. The van der Waals surface area contributed by atoms with Crippen molar-refractivity contribution < 1.29 is 23.5 Å². The highest BCUT2D eigenvalue weighted by Crippen LogP contribution is 2.21. The summed E-state index contributed by atoms with van der Waals surface area (Å²) in [7, 11) is 1.49. The van der Waals surface area contributed by atoms with E-state index in [0.717, 1.165) is 10.5 Å². The number of carbonyl (C=O) groups is 2. The Balaban J connectivity index is 2.10. The summed E-state index contributed by atoms with van der Waals surface area (Å²) in [4.78, 5) is 25.8. The minimum Gasteiger partial charge on any atom is -0.496 e. The molecule has 0 saturated carbocycles. The van der Waals surface area contributed by atoms with Crippen LogP contribution < -0.4 is 9.64 Å². The van der Waals surface area contributed by atoms with Crippen molar-refractivity contribution in [2.75, 3.05) is 25.2 Å². The van der Waals surface area contributed by atoms with Crippen LogP contribution in [0.5, 0.6) is 5.75 Å². The van der Waals surface area contributed by atoms with Gasteiger partial charge in [-0.1, -0.05) is 18.2 Å². The highest BCUT2D eigenvalue weighted by molar-refractivity contribution is 5.97. The minimum absolute atomic E-state index is 0.00777. The largest absolute Gasteiger partial charge is 0.496 e. The molecule has 0 radical (unpaired) electrons. The van der Waals surface area contributed by atoms with Gasteiger partial charge in [0.25, 0.3) is 5.91 Å². The molecule has 0 aliphatic carbocycles. The molecule has 2 aromatic carbocycles. The molecule has 0 aliphatic rings. The molecular weight excluding hydrogens is 351 g/mol. The molecule has 0 N–H and O–H groups in total. The molecule has 0 saturated heterocycles. The Morgan fingerprint density at radius 1 is 1.22 bits per heavy atom. The molecule has 0 atom stereocenters. The van der Waals surface area contributed by atoms with E-state index in [-0.39, 0.29) is 24.2 Å². The van der Waals surface area contributed by atoms with Gasteiger partial charge in [-0.15, -0.1) is 0 Å². The number of aryl methyl sites for hydroxylation is 1. The Kier molecular flexibility index (Phi) is 6.89. The van der Waals surface area contributed by atoms with Gasteiger partial charge >= 0.3 is 5.97 Å². The number of nitrogens with zero attached hydrogens (tertiary/aromatic N) is 2. The van der Waals surface area contributed by atoms with Crippen molar-refractivity contribution in [3.63, 3.8) is 0 Å². The lowest BCUT2D eigenvalue weighted by Crippen LogP contribution is -2.36. The number of carbonyl (C=O) groups excluding carboxylic acids is 2. The van der Waals surface area contributed by atoms with E-state index >= 15 is 0 Å². The molecule has 6 nitrogen and oxygen atoms in total. The van der Waals surface area contributed by atoms with Crippen molar-refractivity contribution in [3.8, 4) is 11.8 Å². The van der Waals surface area contributed by atoms with E-state index in [1.807, 2.05) is 13.0 Å². The molecule has 2 aromatic rings. The first-order valence-corrected chi connectivity index (χ1v) is 8.21. The van der Waals surface area contributed by atoms with E-state index in [0.29, 0.717) is 5.75 Å². The second-order valence-electron chi connectivity index (χ2n) is 5.67. The van der Waals surface area contributed by atoms with Crippen LogP contribution in [-0.4, -0.2) is 32.1 Å². The first-order valence-electron chi connectivity index (χ1n) is 8.21. The molecule has 0 fully saturated rings. The third-order valence-corrected chi connectivity index (χ3v) is 3.86. The van der Waals surface area contributed by atoms with Gasteiger partial charge in [-0.2, -0.15) is 5.26 Å². The zero-order valence-corrected chi connectivity index (χ0v) is 15.1. The van der Waals surface area contributed by atoms with Crippen LogP contribution in [0, 0.1) is 24.1 Å². The number of hydrogen-bond acceptors (Lipinski definition) is 5. The van der Waals surface area contributed by atoms with Gasteiger partial charge < -0.3 is 14.4 Å². The number of amides is 1. The summed E-state index contributed by atoms with van der Waals surface area (Å²) in [6.45, 7) is 1.25. The Hall–Kier alpha value is -3.40. The zero-order chi connectivity index (χ0) is 19.8. The maximum absolute atomic E-state index is 14.0. The number of hydrogen-bond donors (Lipinski definition) is 0. The average molecular weight is 370 g/mol. The molecule has 1 amide bonds. The average Bonchev–Trinajstić information content (AvgIpc) is 2.68. The normalized spacial score (nSPS) is 10.0. The lowest BCUT2D eigenvalue weighted by Gasteiger charge is -2.22. The van der Waals surface area contributed by atoms with Gasteiger partial charge in [0, 0.05) is 6.54 Å². The van der Waals surface area contributed by atoms with Crippen LogP contribution in [-0.2, 0) is 9.53 Å². The molecule has 0 aromatic heterocycles. The number of rotatable bonds is 7. The lowest BCUT2D eigenvalue weighted by molar-refractivity contribution is -0.121. The number of esters is 1. The van der Waals surface area contributed by atoms with Crippen molar-refractivity contribution in [3.05, 3.63) is 59.4 Å². The summed E-state index contributed by atoms with van der Waals surface area (Å²) < 4.78 is 24.2. The van der Waals surface area contributed by atoms with Crippen molar-refractivity contribution in [1.29, 1.82) is 5.26 Å². The quantitative estimate of drug-likeness (QED) is 0.699. The van der Waals surface area contributed by atoms with Gasteiger partial charge in [-0.05, 0) is 36.8 Å². The van der Waals surface area contributed by atoms with Crippen LogP contribution in [0.25, 0.3) is 0 Å². The van der Waals surface area contributed by atoms with Gasteiger partial charge in [-0.25, -0.2) is 9.18 Å². The zero-order valence-electron chi connectivity index (χ0n) is 15.1. The number of ether oxygens (including phenoxy) is 2. The van der Waals surface area contributed by atoms with Gasteiger partial charge in [0.2, 0.25) is 0 Å². The summed E-state index contributed by atoms with van der Waals surface area (Å²) in [5, 5.41) is 8.77. The molecule has 0 aliphatic heterocycles. The summed E-state index contributed by atoms with van der Waals surface area (Å²) in [6.07, 6.45) is 0.0170. The van der Waals surface area contributed by atoms with Crippen LogP contribution in [0.2, 0.25) is 0 Å². The topological polar surface area (TPSA) is 79.6 Å². The number of nitriles is 1. The number of halogens is 1. The molecular formula is C20H19FN2O4. The Morgan fingerprint density at radius 2 is 1.96 bits per heavy atom. The van der Waals surface area contributed by atoms with E-state index in [4.69, 9.17) is 14.7 Å². The first-order chi connectivity index (χ1) is 13.0. The van der Waals surface area contributed by atoms with E-state index < -0.39 is 24.3 Å². The van der Waals surface area contributed by atoms with Gasteiger partial charge in [0.1, 0.15) is 11.6 Å². The SMILES string of the molecule is COc1cc(C(=O)OCC(=O)N(CCC#N)c2ccccc2F)ccc1C. The molecule has 2 rings (SSSR count). The standard InChI is InChI=1S/C20H19FN2O4/c1-14-8-9-15(12-18(14)26-2)20(25)27-13-19(24)23(11-5-10-22)17-7-4-3-6-16(17)21/h3-4,6-9,12H,5,11,13H2,1-2H3. The first kappa shape index (κ1) is 19.9. The molecule has 0 heterocycles. The summed E-state index contributed by atoms with van der Waals surface area (Å²) in [6, 6.07) is 12.4. The third kappa shape index (κ3) is 5.05. The number of methoxy groups -OCH3 is 1. The van der Waals surface area contributed by atoms with Crippen molar-refractivity contribution >= 4 is 17.6 Å². The second kappa shape index (κ2) is 9.34. The maximum Gasteiger partial charge on any atom is 0.338 e. The maximum atomic E-state index is 14.0. The Morgan fingerprint density at radius 3 is 2.63 bits per heavy atom. The molecule has 0 spiro atoms. The van der Waals surface area contributed by atoms with E-state index in [9.17, 15) is 14.0 Å². The third-order valence-electron chi connectivity index (χ3n) is 3.86. The summed E-state index contributed by atoms with van der Waals surface area (Å²) in [5.41, 5.74) is 1.12. The monoisotopic (exact) mass is 370 g/mol. The fraction of sp³-hybridized carbons (Fsp3) is 0.250. The van der Waals surface area contributed by atoms with E-state index in [1.54, 1.807) is 18.2 Å². The second-order valence-corrected chi connectivity index (χ2v) is 5.67. The highest BCUT2D eigenvalue weighted by Gasteiger charge is 2.21. The van der Waals surface area contributed by atoms with Crippen LogP contribution >= 0.6 is 0 Å². The smallest absolute Gasteiger partial charge is 0.338 e. The molecule has 27 heavy (non-hydrogen) atoms. The van der Waals surface area contributed by atoms with Crippen molar-refractivity contribution in [2.24, 2.45) is 0 Å². The van der Waals surface area contributed by atoms with Gasteiger partial charge in [-0.3, -0.25) is 4.79 Å². The van der Waals surface area contributed by atoms with Crippen LogP contribution in [0.1, 0.15) is 22.3 Å². The number of anilines is 1. The Labute approximate surface area is 156 Å².